The quantitative estimate of drug-likeness (QED) is 0.670. The van der Waals surface area contributed by atoms with Crippen molar-refractivity contribution in [3.63, 3.8) is 0 Å². The Kier molecular flexibility index (Phi) is 3.99. The van der Waals surface area contributed by atoms with E-state index < -0.39 is 17.6 Å². The molecule has 4 aliphatic rings. The molecular weight excluding hydrogens is 316 g/mol. The highest BCUT2D eigenvalue weighted by atomic mass is 16.3. The number of hydrogen-bond acceptors (Lipinski definition) is 4. The van der Waals surface area contributed by atoms with E-state index in [-0.39, 0.29) is 17.3 Å². The van der Waals surface area contributed by atoms with E-state index >= 15 is 0 Å². The van der Waals surface area contributed by atoms with Gasteiger partial charge >= 0.3 is 0 Å². The predicted molar refractivity (Wildman–Crippen MR) is 94.8 cm³/mol. The molecule has 0 aromatic heterocycles. The van der Waals surface area contributed by atoms with Gasteiger partial charge in [0, 0.05) is 5.41 Å². The van der Waals surface area contributed by atoms with Gasteiger partial charge in [-0.15, -0.1) is 0 Å². The molecule has 0 aromatic rings. The molecule has 0 saturated heterocycles. The minimum Gasteiger partial charge on any atom is -0.389 e. The largest absolute Gasteiger partial charge is 0.389 e. The van der Waals surface area contributed by atoms with Crippen LogP contribution in [0.25, 0.3) is 0 Å². The lowest BCUT2D eigenvalue weighted by molar-refractivity contribution is -0.164. The van der Waals surface area contributed by atoms with E-state index in [0.29, 0.717) is 24.2 Å². The number of fused-ring (bicyclic) bond motifs is 5. The van der Waals surface area contributed by atoms with Crippen LogP contribution in [-0.4, -0.2) is 39.4 Å². The zero-order chi connectivity index (χ0) is 18.0. The van der Waals surface area contributed by atoms with Gasteiger partial charge in [-0.05, 0) is 74.5 Å². The third-order valence-electron chi connectivity index (χ3n) is 8.85. The standard InChI is InChI=1S/C21H32O4/c1-19-8-5-14(23)11-13(19)3-4-15-16(19)6-9-20(2)17(15)7-10-21(20,25)18(24)12-22/h11,14-17,22-23,25H,3-10,12H2,1-2H3/t14?,15?,16?,17?,19?,20?,21-/m0/s1. The Balaban J connectivity index is 1.67. The van der Waals surface area contributed by atoms with Gasteiger partial charge in [-0.25, -0.2) is 0 Å². The van der Waals surface area contributed by atoms with Gasteiger partial charge in [0.25, 0.3) is 0 Å². The summed E-state index contributed by atoms with van der Waals surface area (Å²) in [6.07, 6.45) is 9.11. The number of ketones is 1. The first-order chi connectivity index (χ1) is 11.8. The molecule has 7 atom stereocenters. The molecule has 0 radical (unpaired) electrons. The maximum absolute atomic E-state index is 12.3. The molecule has 3 fully saturated rings. The lowest BCUT2D eigenvalue weighted by Crippen LogP contribution is -2.58. The van der Waals surface area contributed by atoms with Crippen molar-refractivity contribution in [3.05, 3.63) is 11.6 Å². The summed E-state index contributed by atoms with van der Waals surface area (Å²) in [7, 11) is 0. The van der Waals surface area contributed by atoms with Crippen LogP contribution in [0, 0.1) is 28.6 Å². The van der Waals surface area contributed by atoms with E-state index in [1.54, 1.807) is 0 Å². The van der Waals surface area contributed by atoms with E-state index in [2.05, 4.69) is 19.9 Å². The molecular formula is C21H32O4. The normalized spacial score (nSPS) is 52.0. The van der Waals surface area contributed by atoms with Crippen LogP contribution in [0.3, 0.4) is 0 Å². The fourth-order valence-corrected chi connectivity index (χ4v) is 7.31. The van der Waals surface area contributed by atoms with E-state index in [4.69, 9.17) is 0 Å². The molecule has 0 aliphatic heterocycles. The third-order valence-corrected chi connectivity index (χ3v) is 8.85. The first-order valence-corrected chi connectivity index (χ1v) is 10.0. The van der Waals surface area contributed by atoms with Gasteiger partial charge < -0.3 is 15.3 Å². The lowest BCUT2D eigenvalue weighted by Gasteiger charge is -2.59. The van der Waals surface area contributed by atoms with Crippen LogP contribution in [0.5, 0.6) is 0 Å². The molecule has 0 bridgehead atoms. The van der Waals surface area contributed by atoms with Crippen molar-refractivity contribution < 1.29 is 20.1 Å². The summed E-state index contributed by atoms with van der Waals surface area (Å²) in [6, 6.07) is 0. The van der Waals surface area contributed by atoms with Crippen LogP contribution in [0.15, 0.2) is 11.6 Å². The van der Waals surface area contributed by atoms with Gasteiger partial charge in [-0.1, -0.05) is 25.5 Å². The Morgan fingerprint density at radius 2 is 1.84 bits per heavy atom. The lowest BCUT2D eigenvalue weighted by atomic mass is 9.46. The Labute approximate surface area is 150 Å². The Hall–Kier alpha value is -0.710. The average Bonchev–Trinajstić information content (AvgIpc) is 2.87. The molecule has 4 nitrogen and oxygen atoms in total. The van der Waals surface area contributed by atoms with Gasteiger partial charge in [0.15, 0.2) is 5.78 Å². The number of rotatable bonds is 2. The molecule has 4 heteroatoms. The highest BCUT2D eigenvalue weighted by Gasteiger charge is 2.65. The number of hydrogen-bond donors (Lipinski definition) is 3. The maximum atomic E-state index is 12.3. The maximum Gasteiger partial charge on any atom is 0.190 e. The first kappa shape index (κ1) is 17.7. The summed E-state index contributed by atoms with van der Waals surface area (Å²) in [5, 5.41) is 30.6. The van der Waals surface area contributed by atoms with Crippen molar-refractivity contribution in [2.75, 3.05) is 6.61 Å². The Morgan fingerprint density at radius 1 is 1.12 bits per heavy atom. The summed E-state index contributed by atoms with van der Waals surface area (Å²) in [5.41, 5.74) is -0.141. The van der Waals surface area contributed by atoms with Gasteiger partial charge in [0.1, 0.15) is 12.2 Å². The monoisotopic (exact) mass is 348 g/mol. The summed E-state index contributed by atoms with van der Waals surface area (Å²) >= 11 is 0. The van der Waals surface area contributed by atoms with Crippen LogP contribution < -0.4 is 0 Å². The topological polar surface area (TPSA) is 77.8 Å². The van der Waals surface area contributed by atoms with Gasteiger partial charge in [-0.3, -0.25) is 4.79 Å². The predicted octanol–water partition coefficient (Wildman–Crippen LogP) is 2.60. The second-order valence-corrected chi connectivity index (χ2v) is 9.57. The van der Waals surface area contributed by atoms with Crippen LogP contribution >= 0.6 is 0 Å². The number of carbonyl (C=O) groups is 1. The van der Waals surface area contributed by atoms with Crippen LogP contribution in [0.2, 0.25) is 0 Å². The minimum absolute atomic E-state index is 0.172. The third kappa shape index (κ3) is 2.20. The van der Waals surface area contributed by atoms with Crippen LogP contribution in [0.4, 0.5) is 0 Å². The molecule has 0 spiro atoms. The fourth-order valence-electron chi connectivity index (χ4n) is 7.31. The van der Waals surface area contributed by atoms with Crippen molar-refractivity contribution >= 4 is 5.78 Å². The van der Waals surface area contributed by atoms with Crippen molar-refractivity contribution in [1.82, 2.24) is 0 Å². The average molecular weight is 348 g/mol. The molecule has 0 amide bonds. The second kappa shape index (κ2) is 5.64. The summed E-state index contributed by atoms with van der Waals surface area (Å²) in [6.45, 7) is 3.91. The van der Waals surface area contributed by atoms with Crippen molar-refractivity contribution in [3.8, 4) is 0 Å². The van der Waals surface area contributed by atoms with Gasteiger partial charge in [0.2, 0.25) is 0 Å². The number of Topliss-reactive ketones (excluding diaryl/α,β-unsaturated/α-hetero) is 1. The molecule has 0 heterocycles. The molecule has 25 heavy (non-hydrogen) atoms. The smallest absolute Gasteiger partial charge is 0.190 e. The van der Waals surface area contributed by atoms with Gasteiger partial charge in [-0.2, -0.15) is 0 Å². The zero-order valence-corrected chi connectivity index (χ0v) is 15.5. The molecule has 140 valence electrons. The molecule has 6 unspecified atom stereocenters. The van der Waals surface area contributed by atoms with Crippen LogP contribution in [-0.2, 0) is 4.79 Å². The van der Waals surface area contributed by atoms with E-state index in [0.717, 1.165) is 44.9 Å². The van der Waals surface area contributed by atoms with Crippen molar-refractivity contribution in [2.45, 2.75) is 76.9 Å². The summed E-state index contributed by atoms with van der Waals surface area (Å²) in [5.74, 6) is 1.10. The zero-order valence-electron chi connectivity index (χ0n) is 15.5. The number of allylic oxidation sites excluding steroid dienone is 1. The van der Waals surface area contributed by atoms with Gasteiger partial charge in [0.05, 0.1) is 6.10 Å². The SMILES string of the molecule is CC12CCC(O)C=C1CCC1C2CCC2(C)C1CC[C@]2(O)C(=O)CO. The molecule has 3 saturated carbocycles. The number of aliphatic hydroxyl groups excluding tert-OH is 2. The minimum atomic E-state index is -1.35. The number of aliphatic hydroxyl groups is 3. The van der Waals surface area contributed by atoms with Crippen molar-refractivity contribution in [1.29, 1.82) is 0 Å². The Morgan fingerprint density at radius 3 is 2.56 bits per heavy atom. The molecule has 4 aliphatic carbocycles. The second-order valence-electron chi connectivity index (χ2n) is 9.57. The first-order valence-electron chi connectivity index (χ1n) is 10.0. The fraction of sp³-hybridized carbons (Fsp3) is 0.857. The summed E-state index contributed by atoms with van der Waals surface area (Å²) in [4.78, 5) is 12.3. The number of carbonyl (C=O) groups excluding carboxylic acids is 1. The van der Waals surface area contributed by atoms with E-state index in [1.165, 1.54) is 5.57 Å². The molecule has 3 N–H and O–H groups in total. The van der Waals surface area contributed by atoms with E-state index in [9.17, 15) is 20.1 Å². The molecule has 4 rings (SSSR count). The highest BCUT2D eigenvalue weighted by molar-refractivity contribution is 5.89. The molecule has 0 aromatic carbocycles. The summed E-state index contributed by atoms with van der Waals surface area (Å²) < 4.78 is 0. The Bertz CT molecular complexity index is 613. The van der Waals surface area contributed by atoms with Crippen LogP contribution in [0.1, 0.15) is 65.2 Å². The van der Waals surface area contributed by atoms with E-state index in [1.807, 2.05) is 0 Å². The highest BCUT2D eigenvalue weighted by Crippen LogP contribution is 2.67. The van der Waals surface area contributed by atoms with Crippen molar-refractivity contribution in [2.24, 2.45) is 28.6 Å².